The SMILES string of the molecule is CC(C)(C)C1CCC(NC(=S)NC(=O)C(c2ccccc2)c2ccccc2)CC1. The summed E-state index contributed by atoms with van der Waals surface area (Å²) in [5.41, 5.74) is 2.28. The number of nitrogens with one attached hydrogen (secondary N) is 2. The zero-order valence-corrected chi connectivity index (χ0v) is 18.5. The van der Waals surface area contributed by atoms with Crippen molar-refractivity contribution in [3.63, 3.8) is 0 Å². The van der Waals surface area contributed by atoms with Crippen molar-refractivity contribution < 1.29 is 4.79 Å². The monoisotopic (exact) mass is 408 g/mol. The summed E-state index contributed by atoms with van der Waals surface area (Å²) in [6.07, 6.45) is 4.60. The van der Waals surface area contributed by atoms with Crippen LogP contribution in [0.25, 0.3) is 0 Å². The Bertz CT molecular complexity index is 766. The molecule has 0 unspecified atom stereocenters. The van der Waals surface area contributed by atoms with Crippen molar-refractivity contribution in [2.45, 2.75) is 58.4 Å². The van der Waals surface area contributed by atoms with E-state index in [9.17, 15) is 4.79 Å². The first kappa shape index (κ1) is 21.5. The minimum Gasteiger partial charge on any atom is -0.360 e. The van der Waals surface area contributed by atoms with E-state index in [2.05, 4.69) is 31.4 Å². The lowest BCUT2D eigenvalue weighted by Crippen LogP contribution is -2.47. The molecular formula is C25H32N2OS. The highest BCUT2D eigenvalue weighted by Crippen LogP contribution is 2.37. The fraction of sp³-hybridized carbons (Fsp3) is 0.440. The van der Waals surface area contributed by atoms with Gasteiger partial charge in [-0.15, -0.1) is 0 Å². The van der Waals surface area contributed by atoms with Gasteiger partial charge in [0.05, 0.1) is 5.92 Å². The Labute approximate surface area is 180 Å². The molecule has 0 saturated heterocycles. The van der Waals surface area contributed by atoms with Gasteiger partial charge in [0, 0.05) is 6.04 Å². The molecule has 29 heavy (non-hydrogen) atoms. The van der Waals surface area contributed by atoms with Crippen LogP contribution >= 0.6 is 12.2 Å². The third-order valence-corrected chi connectivity index (χ3v) is 6.27. The summed E-state index contributed by atoms with van der Waals surface area (Å²) in [6, 6.07) is 20.1. The summed E-state index contributed by atoms with van der Waals surface area (Å²) in [4.78, 5) is 13.1. The van der Waals surface area contributed by atoms with Crippen LogP contribution in [0.5, 0.6) is 0 Å². The van der Waals surface area contributed by atoms with Crippen LogP contribution in [-0.4, -0.2) is 17.1 Å². The average Bonchev–Trinajstić information content (AvgIpc) is 2.69. The maximum Gasteiger partial charge on any atom is 0.238 e. The topological polar surface area (TPSA) is 41.1 Å². The number of rotatable bonds is 4. The van der Waals surface area contributed by atoms with Crippen molar-refractivity contribution in [2.75, 3.05) is 0 Å². The first-order chi connectivity index (χ1) is 13.8. The summed E-state index contributed by atoms with van der Waals surface area (Å²) in [5.74, 6) is 0.279. The predicted molar refractivity (Wildman–Crippen MR) is 124 cm³/mol. The average molecular weight is 409 g/mol. The number of thiocarbonyl (C=S) groups is 1. The number of hydrogen-bond donors (Lipinski definition) is 2. The van der Waals surface area contributed by atoms with Crippen LogP contribution in [0.4, 0.5) is 0 Å². The quantitative estimate of drug-likeness (QED) is 0.664. The molecule has 4 heteroatoms. The number of amides is 1. The van der Waals surface area contributed by atoms with Gasteiger partial charge in [-0.25, -0.2) is 0 Å². The Morgan fingerprint density at radius 1 is 0.897 bits per heavy atom. The van der Waals surface area contributed by atoms with Gasteiger partial charge in [-0.1, -0.05) is 81.4 Å². The summed E-state index contributed by atoms with van der Waals surface area (Å²) >= 11 is 5.49. The summed E-state index contributed by atoms with van der Waals surface area (Å²) in [5, 5.41) is 6.76. The zero-order valence-electron chi connectivity index (χ0n) is 17.7. The normalized spacial score (nSPS) is 19.6. The van der Waals surface area contributed by atoms with Crippen LogP contribution in [0, 0.1) is 11.3 Å². The van der Waals surface area contributed by atoms with Crippen LogP contribution in [0.3, 0.4) is 0 Å². The zero-order chi connectivity index (χ0) is 20.9. The van der Waals surface area contributed by atoms with Crippen LogP contribution in [0.2, 0.25) is 0 Å². The maximum atomic E-state index is 13.1. The van der Waals surface area contributed by atoms with Gasteiger partial charge >= 0.3 is 0 Å². The van der Waals surface area contributed by atoms with E-state index in [4.69, 9.17) is 12.2 Å². The van der Waals surface area contributed by atoms with E-state index < -0.39 is 0 Å². The van der Waals surface area contributed by atoms with E-state index in [-0.39, 0.29) is 11.8 Å². The van der Waals surface area contributed by atoms with Crippen molar-refractivity contribution in [3.05, 3.63) is 71.8 Å². The standard InChI is InChI=1S/C25H32N2OS/c1-25(2,3)20-14-16-21(17-15-20)26-24(29)27-23(28)22(18-10-6-4-7-11-18)19-12-8-5-9-13-19/h4-13,20-22H,14-17H2,1-3H3,(H2,26,27,28,29). The molecule has 0 spiro atoms. The third-order valence-electron chi connectivity index (χ3n) is 6.05. The molecule has 2 aromatic carbocycles. The van der Waals surface area contributed by atoms with Gasteiger partial charge < -0.3 is 10.6 Å². The van der Waals surface area contributed by atoms with Crippen LogP contribution in [0.15, 0.2) is 60.7 Å². The molecule has 3 rings (SSSR count). The van der Waals surface area contributed by atoms with E-state index in [1.807, 2.05) is 60.7 Å². The summed E-state index contributed by atoms with van der Waals surface area (Å²) < 4.78 is 0. The molecule has 1 saturated carbocycles. The van der Waals surface area contributed by atoms with Gasteiger partial charge in [0.25, 0.3) is 0 Å². The lowest BCUT2D eigenvalue weighted by Gasteiger charge is -2.37. The van der Waals surface area contributed by atoms with Crippen molar-refractivity contribution in [1.82, 2.24) is 10.6 Å². The molecule has 0 heterocycles. The molecule has 2 aromatic rings. The maximum absolute atomic E-state index is 13.1. The number of carbonyl (C=O) groups excluding carboxylic acids is 1. The molecule has 0 bridgehead atoms. The Balaban J connectivity index is 1.62. The first-order valence-electron chi connectivity index (χ1n) is 10.6. The number of hydrogen-bond acceptors (Lipinski definition) is 2. The summed E-state index contributed by atoms with van der Waals surface area (Å²) in [7, 11) is 0. The van der Waals surface area contributed by atoms with Crippen molar-refractivity contribution >= 4 is 23.2 Å². The molecule has 154 valence electrons. The Morgan fingerprint density at radius 2 is 1.38 bits per heavy atom. The lowest BCUT2D eigenvalue weighted by atomic mass is 9.71. The molecule has 1 amide bonds. The molecule has 0 atom stereocenters. The van der Waals surface area contributed by atoms with Crippen LogP contribution in [0.1, 0.15) is 63.5 Å². The predicted octanol–water partition coefficient (Wildman–Crippen LogP) is 5.41. The van der Waals surface area contributed by atoms with Crippen molar-refractivity contribution in [2.24, 2.45) is 11.3 Å². The van der Waals surface area contributed by atoms with Gasteiger partial charge in [-0.2, -0.15) is 0 Å². The fourth-order valence-electron chi connectivity index (χ4n) is 4.30. The minimum absolute atomic E-state index is 0.0942. The van der Waals surface area contributed by atoms with Crippen molar-refractivity contribution in [1.29, 1.82) is 0 Å². The molecule has 3 nitrogen and oxygen atoms in total. The van der Waals surface area contributed by atoms with Crippen LogP contribution in [-0.2, 0) is 4.79 Å². The Kier molecular flexibility index (Phi) is 7.07. The highest BCUT2D eigenvalue weighted by molar-refractivity contribution is 7.80. The second kappa shape index (κ2) is 9.53. The summed E-state index contributed by atoms with van der Waals surface area (Å²) in [6.45, 7) is 6.97. The lowest BCUT2D eigenvalue weighted by molar-refractivity contribution is -0.120. The van der Waals surface area contributed by atoms with Gasteiger partial charge in [0.15, 0.2) is 5.11 Å². The molecule has 1 aliphatic rings. The molecule has 2 N–H and O–H groups in total. The van der Waals surface area contributed by atoms with E-state index in [0.29, 0.717) is 16.6 Å². The highest BCUT2D eigenvalue weighted by atomic mass is 32.1. The van der Waals surface area contributed by atoms with Crippen LogP contribution < -0.4 is 10.6 Å². The molecular weight excluding hydrogens is 376 g/mol. The second-order valence-electron chi connectivity index (χ2n) is 9.13. The number of carbonyl (C=O) groups is 1. The van der Waals surface area contributed by atoms with Gasteiger partial charge in [-0.05, 0) is 60.4 Å². The fourth-order valence-corrected chi connectivity index (χ4v) is 4.56. The first-order valence-corrected chi connectivity index (χ1v) is 11.0. The van der Waals surface area contributed by atoms with Crippen molar-refractivity contribution in [3.8, 4) is 0 Å². The molecule has 1 aliphatic carbocycles. The van der Waals surface area contributed by atoms with Gasteiger partial charge in [0.1, 0.15) is 0 Å². The molecule has 0 radical (unpaired) electrons. The third kappa shape index (κ3) is 5.89. The highest BCUT2D eigenvalue weighted by Gasteiger charge is 2.30. The largest absolute Gasteiger partial charge is 0.360 e. The Morgan fingerprint density at radius 3 is 1.83 bits per heavy atom. The van der Waals surface area contributed by atoms with Gasteiger partial charge in [-0.3, -0.25) is 4.79 Å². The molecule has 0 aromatic heterocycles. The van der Waals surface area contributed by atoms with E-state index in [1.165, 1.54) is 12.8 Å². The second-order valence-corrected chi connectivity index (χ2v) is 9.54. The number of benzene rings is 2. The van der Waals surface area contributed by atoms with Gasteiger partial charge in [0.2, 0.25) is 5.91 Å². The van der Waals surface area contributed by atoms with E-state index >= 15 is 0 Å². The van der Waals surface area contributed by atoms with E-state index in [0.717, 1.165) is 29.9 Å². The molecule has 0 aliphatic heterocycles. The van der Waals surface area contributed by atoms with E-state index in [1.54, 1.807) is 0 Å². The Hall–Kier alpha value is -2.20. The molecule has 1 fully saturated rings. The minimum atomic E-state index is -0.381. The smallest absolute Gasteiger partial charge is 0.238 e.